The third-order valence-corrected chi connectivity index (χ3v) is 4.30. The van der Waals surface area contributed by atoms with Crippen LogP contribution < -0.4 is 0 Å². The molecule has 80 valence electrons. The number of thiophene rings is 1. The minimum Gasteiger partial charge on any atom is -0.294 e. The molecule has 14 heavy (non-hydrogen) atoms. The lowest BCUT2D eigenvalue weighted by Crippen LogP contribution is -1.92. The molecular weight excluding hydrogens is 220 g/mol. The average molecular weight is 234 g/mol. The zero-order valence-electron chi connectivity index (χ0n) is 8.70. The van der Waals surface area contributed by atoms with Gasteiger partial charge in [-0.05, 0) is 19.1 Å². The largest absolute Gasteiger partial charge is 0.294 e. The van der Waals surface area contributed by atoms with Gasteiger partial charge >= 0.3 is 0 Å². The third kappa shape index (κ3) is 3.59. The molecule has 0 aliphatic heterocycles. The van der Waals surface area contributed by atoms with Gasteiger partial charge < -0.3 is 0 Å². The monoisotopic (exact) mass is 234 g/mol. The standard InChI is InChI=1S/C7H8O3S2.C2H6/c1-5(8)6-3-4-7(11-6)12(2,9)10;1-2/h3-4H,1-2H3;1-2H3. The van der Waals surface area contributed by atoms with Crippen LogP contribution in [-0.4, -0.2) is 20.5 Å². The number of sulfone groups is 1. The van der Waals surface area contributed by atoms with E-state index in [1.165, 1.54) is 19.1 Å². The summed E-state index contributed by atoms with van der Waals surface area (Å²) >= 11 is 1.01. The van der Waals surface area contributed by atoms with Crippen molar-refractivity contribution in [1.29, 1.82) is 0 Å². The Balaban J connectivity index is 0.000000791. The van der Waals surface area contributed by atoms with Crippen molar-refractivity contribution in [3.63, 3.8) is 0 Å². The highest BCUT2D eigenvalue weighted by molar-refractivity contribution is 7.92. The van der Waals surface area contributed by atoms with Crippen LogP contribution in [0.2, 0.25) is 0 Å². The summed E-state index contributed by atoms with van der Waals surface area (Å²) in [6.07, 6.45) is 1.13. The fourth-order valence-electron chi connectivity index (χ4n) is 0.709. The lowest BCUT2D eigenvalue weighted by Gasteiger charge is -1.88. The first-order chi connectivity index (χ1) is 6.41. The summed E-state index contributed by atoms with van der Waals surface area (Å²) < 4.78 is 22.2. The van der Waals surface area contributed by atoms with E-state index in [4.69, 9.17) is 0 Å². The fraction of sp³-hybridized carbons (Fsp3) is 0.444. The van der Waals surface area contributed by atoms with E-state index in [9.17, 15) is 13.2 Å². The molecule has 0 amide bonds. The summed E-state index contributed by atoms with van der Waals surface area (Å²) in [6, 6.07) is 2.99. The molecule has 0 aliphatic rings. The van der Waals surface area contributed by atoms with Crippen molar-refractivity contribution in [3.8, 4) is 0 Å². The summed E-state index contributed by atoms with van der Waals surface area (Å²) in [5.74, 6) is -0.102. The van der Waals surface area contributed by atoms with Gasteiger partial charge in [0.15, 0.2) is 15.6 Å². The van der Waals surface area contributed by atoms with Crippen molar-refractivity contribution in [3.05, 3.63) is 17.0 Å². The van der Waals surface area contributed by atoms with Crippen molar-refractivity contribution < 1.29 is 13.2 Å². The highest BCUT2D eigenvalue weighted by atomic mass is 32.2. The quantitative estimate of drug-likeness (QED) is 0.738. The highest BCUT2D eigenvalue weighted by Gasteiger charge is 2.11. The van der Waals surface area contributed by atoms with E-state index < -0.39 is 9.84 Å². The molecule has 0 N–H and O–H groups in total. The molecular formula is C9H14O3S2. The number of hydrogen-bond donors (Lipinski definition) is 0. The molecule has 0 fully saturated rings. The smallest absolute Gasteiger partial charge is 0.184 e. The van der Waals surface area contributed by atoms with Crippen LogP contribution in [0, 0.1) is 0 Å². The maximum atomic E-state index is 11.0. The Hall–Kier alpha value is -0.680. The van der Waals surface area contributed by atoms with Gasteiger partial charge in [-0.1, -0.05) is 13.8 Å². The third-order valence-electron chi connectivity index (χ3n) is 1.29. The van der Waals surface area contributed by atoms with E-state index in [0.717, 1.165) is 17.6 Å². The SMILES string of the molecule is CC.CC(=O)c1ccc(S(C)(=O)=O)s1. The van der Waals surface area contributed by atoms with Crippen molar-refractivity contribution in [2.75, 3.05) is 6.26 Å². The molecule has 3 nitrogen and oxygen atoms in total. The van der Waals surface area contributed by atoms with Crippen LogP contribution >= 0.6 is 11.3 Å². The number of rotatable bonds is 2. The van der Waals surface area contributed by atoms with Crippen molar-refractivity contribution in [1.82, 2.24) is 0 Å². The number of Topliss-reactive ketones (excluding diaryl/α,β-unsaturated/α-hetero) is 1. The Kier molecular flexibility index (Phi) is 5.01. The molecule has 1 rings (SSSR count). The summed E-state index contributed by atoms with van der Waals surface area (Å²) in [6.45, 7) is 5.41. The predicted octanol–water partition coefficient (Wildman–Crippen LogP) is 2.38. The average Bonchev–Trinajstić information content (AvgIpc) is 2.54. The molecule has 0 saturated heterocycles. The maximum absolute atomic E-state index is 11.0. The lowest BCUT2D eigenvalue weighted by molar-refractivity contribution is 0.102. The molecule has 0 atom stereocenters. The number of carbonyl (C=O) groups excluding carboxylic acids is 1. The number of ketones is 1. The normalized spacial score (nSPS) is 10.3. The van der Waals surface area contributed by atoms with E-state index in [1.54, 1.807) is 0 Å². The number of hydrogen-bond acceptors (Lipinski definition) is 4. The summed E-state index contributed by atoms with van der Waals surface area (Å²) in [4.78, 5) is 11.3. The molecule has 1 aromatic rings. The second kappa shape index (κ2) is 5.26. The molecule has 0 spiro atoms. The Morgan fingerprint density at radius 1 is 1.29 bits per heavy atom. The van der Waals surface area contributed by atoms with Crippen LogP contribution in [0.1, 0.15) is 30.4 Å². The summed E-state index contributed by atoms with van der Waals surface area (Å²) in [7, 11) is -3.15. The van der Waals surface area contributed by atoms with Crippen LogP contribution in [-0.2, 0) is 9.84 Å². The first-order valence-electron chi connectivity index (χ1n) is 4.22. The molecule has 1 aromatic heterocycles. The molecule has 0 saturated carbocycles. The first-order valence-corrected chi connectivity index (χ1v) is 6.93. The topological polar surface area (TPSA) is 51.2 Å². The molecule has 5 heteroatoms. The second-order valence-electron chi connectivity index (χ2n) is 2.45. The van der Waals surface area contributed by atoms with Gasteiger partial charge in [-0.25, -0.2) is 8.42 Å². The van der Waals surface area contributed by atoms with Crippen molar-refractivity contribution >= 4 is 27.0 Å². The van der Waals surface area contributed by atoms with Crippen LogP contribution in [0.25, 0.3) is 0 Å². The van der Waals surface area contributed by atoms with E-state index in [0.29, 0.717) is 4.88 Å². The highest BCUT2D eigenvalue weighted by Crippen LogP contribution is 2.21. The summed E-state index contributed by atoms with van der Waals surface area (Å²) in [5, 5.41) is 0. The summed E-state index contributed by atoms with van der Waals surface area (Å²) in [5.41, 5.74) is 0. The van der Waals surface area contributed by atoms with Crippen molar-refractivity contribution in [2.45, 2.75) is 25.0 Å². The molecule has 0 aromatic carbocycles. The van der Waals surface area contributed by atoms with E-state index in [-0.39, 0.29) is 9.99 Å². The van der Waals surface area contributed by atoms with Gasteiger partial charge in [0, 0.05) is 6.26 Å². The van der Waals surface area contributed by atoms with Gasteiger partial charge in [0.2, 0.25) is 0 Å². The van der Waals surface area contributed by atoms with Crippen LogP contribution in [0.15, 0.2) is 16.3 Å². The maximum Gasteiger partial charge on any atom is 0.184 e. The van der Waals surface area contributed by atoms with Crippen LogP contribution in [0.3, 0.4) is 0 Å². The zero-order valence-corrected chi connectivity index (χ0v) is 10.3. The number of carbonyl (C=O) groups is 1. The Morgan fingerprint density at radius 2 is 1.79 bits per heavy atom. The van der Waals surface area contributed by atoms with Gasteiger partial charge in [0.25, 0.3) is 0 Å². The predicted molar refractivity (Wildman–Crippen MR) is 58.8 cm³/mol. The van der Waals surface area contributed by atoms with Crippen LogP contribution in [0.5, 0.6) is 0 Å². The Bertz CT molecular complexity index is 401. The van der Waals surface area contributed by atoms with Gasteiger partial charge in [0.1, 0.15) is 4.21 Å². The van der Waals surface area contributed by atoms with Gasteiger partial charge in [-0.15, -0.1) is 11.3 Å². The first kappa shape index (κ1) is 13.3. The molecule has 0 unspecified atom stereocenters. The zero-order chi connectivity index (χ0) is 11.4. The van der Waals surface area contributed by atoms with Crippen LogP contribution in [0.4, 0.5) is 0 Å². The van der Waals surface area contributed by atoms with Gasteiger partial charge in [-0.3, -0.25) is 4.79 Å². The Labute approximate surface area is 88.7 Å². The second-order valence-corrected chi connectivity index (χ2v) is 5.77. The minimum atomic E-state index is -3.15. The Morgan fingerprint density at radius 3 is 2.00 bits per heavy atom. The van der Waals surface area contributed by atoms with E-state index >= 15 is 0 Å². The molecule has 0 aliphatic carbocycles. The lowest BCUT2D eigenvalue weighted by atomic mass is 10.4. The molecule has 1 heterocycles. The van der Waals surface area contributed by atoms with Gasteiger partial charge in [-0.2, -0.15) is 0 Å². The molecule has 0 radical (unpaired) electrons. The van der Waals surface area contributed by atoms with Gasteiger partial charge in [0.05, 0.1) is 4.88 Å². The van der Waals surface area contributed by atoms with Crippen molar-refractivity contribution in [2.24, 2.45) is 0 Å². The van der Waals surface area contributed by atoms with E-state index in [2.05, 4.69) is 0 Å². The molecule has 0 bridgehead atoms. The van der Waals surface area contributed by atoms with E-state index in [1.807, 2.05) is 13.8 Å². The fourth-order valence-corrected chi connectivity index (χ4v) is 2.53. The minimum absolute atomic E-state index is 0.102.